The monoisotopic (exact) mass is 342 g/mol. The molecule has 2 N–H and O–H groups in total. The summed E-state index contributed by atoms with van der Waals surface area (Å²) in [5.74, 6) is -0.573. The van der Waals surface area contributed by atoms with E-state index in [1.165, 1.54) is 18.2 Å². The molecule has 0 fully saturated rings. The molecule has 23 heavy (non-hydrogen) atoms. The number of hydrogen-bond donors (Lipinski definition) is 2. The Hall–Kier alpha value is -2.21. The highest BCUT2D eigenvalue weighted by Crippen LogP contribution is 2.34. The first-order chi connectivity index (χ1) is 10.8. The van der Waals surface area contributed by atoms with Gasteiger partial charge in [0.1, 0.15) is 0 Å². The molecule has 0 saturated carbocycles. The van der Waals surface area contributed by atoms with E-state index in [4.69, 9.17) is 11.6 Å². The maximum atomic E-state index is 12.9. The molecule has 0 bridgehead atoms. The average molecular weight is 343 g/mol. The summed E-state index contributed by atoms with van der Waals surface area (Å²) in [5.41, 5.74) is 0.380. The van der Waals surface area contributed by atoms with Crippen molar-refractivity contribution in [1.29, 1.82) is 0 Å². The molecule has 0 atom stereocenters. The van der Waals surface area contributed by atoms with Crippen molar-refractivity contribution in [1.82, 2.24) is 0 Å². The Kier molecular flexibility index (Phi) is 5.15. The van der Waals surface area contributed by atoms with Crippen LogP contribution in [0.4, 0.5) is 24.5 Å². The van der Waals surface area contributed by atoms with Gasteiger partial charge < -0.3 is 10.6 Å². The van der Waals surface area contributed by atoms with Crippen molar-refractivity contribution in [2.45, 2.75) is 13.1 Å². The van der Waals surface area contributed by atoms with Crippen LogP contribution in [0.1, 0.15) is 11.1 Å². The van der Waals surface area contributed by atoms with E-state index in [0.29, 0.717) is 10.7 Å². The zero-order valence-corrected chi connectivity index (χ0v) is 12.9. The highest BCUT2D eigenvalue weighted by Gasteiger charge is 2.33. The maximum absolute atomic E-state index is 12.9. The number of aryl methyl sites for hydroxylation is 1. The van der Waals surface area contributed by atoms with Gasteiger partial charge in [0, 0.05) is 10.7 Å². The van der Waals surface area contributed by atoms with Gasteiger partial charge in [-0.25, -0.2) is 0 Å². The molecule has 0 aliphatic heterocycles. The predicted molar refractivity (Wildman–Crippen MR) is 84.8 cm³/mol. The van der Waals surface area contributed by atoms with Gasteiger partial charge in [0.2, 0.25) is 5.91 Å². The highest BCUT2D eigenvalue weighted by atomic mass is 35.5. The third-order valence-electron chi connectivity index (χ3n) is 3.13. The number of benzene rings is 2. The molecular formula is C16H14ClF3N2O. The molecule has 1 amide bonds. The molecule has 0 spiro atoms. The fourth-order valence-electron chi connectivity index (χ4n) is 2.03. The minimum Gasteiger partial charge on any atom is -0.376 e. The Bertz CT molecular complexity index is 717. The van der Waals surface area contributed by atoms with Crippen LogP contribution in [0.25, 0.3) is 0 Å². The normalized spacial score (nSPS) is 11.2. The van der Waals surface area contributed by atoms with Crippen molar-refractivity contribution < 1.29 is 18.0 Å². The van der Waals surface area contributed by atoms with E-state index in [9.17, 15) is 18.0 Å². The molecule has 0 aliphatic rings. The molecule has 0 radical (unpaired) electrons. The van der Waals surface area contributed by atoms with Gasteiger partial charge in [0.25, 0.3) is 0 Å². The average Bonchev–Trinajstić information content (AvgIpc) is 2.46. The second-order valence-corrected chi connectivity index (χ2v) is 5.34. The van der Waals surface area contributed by atoms with Gasteiger partial charge in [-0.05, 0) is 42.8 Å². The number of alkyl halides is 3. The molecule has 0 unspecified atom stereocenters. The molecule has 2 aromatic rings. The first kappa shape index (κ1) is 17.1. The van der Waals surface area contributed by atoms with E-state index in [-0.39, 0.29) is 12.2 Å². The van der Waals surface area contributed by atoms with Crippen molar-refractivity contribution in [3.63, 3.8) is 0 Å². The molecule has 0 aliphatic carbocycles. The van der Waals surface area contributed by atoms with Gasteiger partial charge in [0.05, 0.1) is 17.8 Å². The zero-order chi connectivity index (χ0) is 17.0. The number of anilines is 2. The van der Waals surface area contributed by atoms with Crippen molar-refractivity contribution >= 4 is 28.9 Å². The van der Waals surface area contributed by atoms with Crippen LogP contribution in [0.5, 0.6) is 0 Å². The minimum atomic E-state index is -4.52. The van der Waals surface area contributed by atoms with E-state index in [1.54, 1.807) is 18.2 Å². The van der Waals surface area contributed by atoms with Crippen LogP contribution in [0.15, 0.2) is 42.5 Å². The van der Waals surface area contributed by atoms with Gasteiger partial charge in [0.15, 0.2) is 0 Å². The summed E-state index contributed by atoms with van der Waals surface area (Å²) in [4.78, 5) is 11.9. The van der Waals surface area contributed by atoms with Crippen LogP contribution in [-0.2, 0) is 11.0 Å². The summed E-state index contributed by atoms with van der Waals surface area (Å²) in [5, 5.41) is 5.70. The highest BCUT2D eigenvalue weighted by molar-refractivity contribution is 6.30. The fraction of sp³-hybridized carbons (Fsp3) is 0.188. The van der Waals surface area contributed by atoms with E-state index in [1.807, 2.05) is 6.92 Å². The SMILES string of the molecule is Cc1cc(Cl)ccc1NCC(=O)Nc1ccccc1C(F)(F)F. The maximum Gasteiger partial charge on any atom is 0.418 e. The molecule has 122 valence electrons. The number of carbonyl (C=O) groups excluding carboxylic acids is 1. The van der Waals surface area contributed by atoms with E-state index in [2.05, 4.69) is 10.6 Å². The van der Waals surface area contributed by atoms with Crippen LogP contribution >= 0.6 is 11.6 Å². The molecule has 2 rings (SSSR count). The first-order valence-corrected chi connectivity index (χ1v) is 7.11. The van der Waals surface area contributed by atoms with Crippen LogP contribution in [0, 0.1) is 6.92 Å². The van der Waals surface area contributed by atoms with Crippen molar-refractivity contribution in [3.8, 4) is 0 Å². The van der Waals surface area contributed by atoms with E-state index < -0.39 is 17.6 Å². The lowest BCUT2D eigenvalue weighted by atomic mass is 10.1. The van der Waals surface area contributed by atoms with Crippen LogP contribution in [0.2, 0.25) is 5.02 Å². The summed E-state index contributed by atoms with van der Waals surface area (Å²) in [6.45, 7) is 1.65. The van der Waals surface area contributed by atoms with Gasteiger partial charge in [-0.3, -0.25) is 4.79 Å². The molecule has 0 saturated heterocycles. The number of halogens is 4. The zero-order valence-electron chi connectivity index (χ0n) is 12.2. The number of hydrogen-bond acceptors (Lipinski definition) is 2. The quantitative estimate of drug-likeness (QED) is 0.844. The summed E-state index contributed by atoms with van der Waals surface area (Å²) in [6.07, 6.45) is -4.52. The lowest BCUT2D eigenvalue weighted by Gasteiger charge is -2.14. The Morgan fingerprint density at radius 1 is 1.13 bits per heavy atom. The van der Waals surface area contributed by atoms with Gasteiger partial charge in [-0.1, -0.05) is 23.7 Å². The Morgan fingerprint density at radius 2 is 1.83 bits per heavy atom. The topological polar surface area (TPSA) is 41.1 Å². The number of carbonyl (C=O) groups is 1. The number of nitrogens with one attached hydrogen (secondary N) is 2. The van der Waals surface area contributed by atoms with Crippen molar-refractivity contribution in [2.75, 3.05) is 17.2 Å². The van der Waals surface area contributed by atoms with E-state index >= 15 is 0 Å². The fourth-order valence-corrected chi connectivity index (χ4v) is 2.26. The van der Waals surface area contributed by atoms with Crippen LogP contribution < -0.4 is 10.6 Å². The second-order valence-electron chi connectivity index (χ2n) is 4.90. The van der Waals surface area contributed by atoms with Crippen molar-refractivity contribution in [3.05, 3.63) is 58.6 Å². The third kappa shape index (κ3) is 4.63. The Labute approximate surface area is 136 Å². The third-order valence-corrected chi connectivity index (χ3v) is 3.37. The summed E-state index contributed by atoms with van der Waals surface area (Å²) < 4.78 is 38.6. The number of rotatable bonds is 4. The minimum absolute atomic E-state index is 0.158. The molecule has 3 nitrogen and oxygen atoms in total. The predicted octanol–water partition coefficient (Wildman–Crippen LogP) is 4.72. The Morgan fingerprint density at radius 3 is 2.48 bits per heavy atom. The molecule has 0 aromatic heterocycles. The van der Waals surface area contributed by atoms with Gasteiger partial charge in [-0.2, -0.15) is 13.2 Å². The standard InChI is InChI=1S/C16H14ClF3N2O/c1-10-8-11(17)6-7-13(10)21-9-15(23)22-14-5-3-2-4-12(14)16(18,19)20/h2-8,21H,9H2,1H3,(H,22,23). The second kappa shape index (κ2) is 6.91. The summed E-state index contributed by atoms with van der Waals surface area (Å²) in [6, 6.07) is 9.93. The van der Waals surface area contributed by atoms with Crippen molar-refractivity contribution in [2.24, 2.45) is 0 Å². The smallest absolute Gasteiger partial charge is 0.376 e. The Balaban J connectivity index is 2.03. The largest absolute Gasteiger partial charge is 0.418 e. The number of para-hydroxylation sites is 1. The number of amides is 1. The van der Waals surface area contributed by atoms with E-state index in [0.717, 1.165) is 11.6 Å². The molecular weight excluding hydrogens is 329 g/mol. The van der Waals surface area contributed by atoms with Crippen LogP contribution in [0.3, 0.4) is 0 Å². The molecule has 2 aromatic carbocycles. The van der Waals surface area contributed by atoms with Gasteiger partial charge >= 0.3 is 6.18 Å². The lowest BCUT2D eigenvalue weighted by molar-refractivity contribution is -0.137. The van der Waals surface area contributed by atoms with Gasteiger partial charge in [-0.15, -0.1) is 0 Å². The summed E-state index contributed by atoms with van der Waals surface area (Å²) >= 11 is 5.83. The molecule has 0 heterocycles. The summed E-state index contributed by atoms with van der Waals surface area (Å²) in [7, 11) is 0. The lowest BCUT2D eigenvalue weighted by Crippen LogP contribution is -2.23. The first-order valence-electron chi connectivity index (χ1n) is 6.73. The van der Waals surface area contributed by atoms with Crippen LogP contribution in [-0.4, -0.2) is 12.5 Å². The molecule has 7 heteroatoms.